The van der Waals surface area contributed by atoms with E-state index in [1.54, 1.807) is 4.68 Å². The molecule has 0 saturated carbocycles. The van der Waals surface area contributed by atoms with E-state index in [9.17, 15) is 13.2 Å². The highest BCUT2D eigenvalue weighted by Crippen LogP contribution is 2.16. The molecule has 1 aromatic heterocycles. The maximum Gasteiger partial charge on any atom is 0.270 e. The van der Waals surface area contributed by atoms with Gasteiger partial charge in [-0.05, 0) is 12.0 Å². The van der Waals surface area contributed by atoms with Crippen LogP contribution in [0.2, 0.25) is 0 Å². The van der Waals surface area contributed by atoms with Crippen molar-refractivity contribution in [1.29, 1.82) is 0 Å². The summed E-state index contributed by atoms with van der Waals surface area (Å²) in [6.45, 7) is 1.07. The number of aromatic amines is 1. The van der Waals surface area contributed by atoms with Crippen molar-refractivity contribution in [2.45, 2.75) is 19.5 Å². The fraction of sp³-hybridized carbons (Fsp3) is 0.357. The van der Waals surface area contributed by atoms with Gasteiger partial charge in [-0.1, -0.05) is 30.3 Å². The molecule has 0 bridgehead atoms. The molecule has 0 atom stereocenters. The first-order valence-electron chi connectivity index (χ1n) is 6.75. The number of fused-ring (bicyclic) bond motifs is 1. The number of hydrogen-bond acceptors (Lipinski definition) is 3. The first kappa shape index (κ1) is 14.1. The predicted molar refractivity (Wildman–Crippen MR) is 79.6 cm³/mol. The highest BCUT2D eigenvalue weighted by atomic mass is 32.2. The Morgan fingerprint density at radius 3 is 2.62 bits per heavy atom. The van der Waals surface area contributed by atoms with E-state index in [1.807, 2.05) is 30.3 Å². The summed E-state index contributed by atoms with van der Waals surface area (Å²) in [5.41, 5.74) is 2.37. The number of nitrogens with one attached hydrogen (secondary N) is 1. The molecule has 0 amide bonds. The second-order valence-electron chi connectivity index (χ2n) is 5.29. The van der Waals surface area contributed by atoms with E-state index in [-0.39, 0.29) is 12.1 Å². The van der Waals surface area contributed by atoms with Crippen LogP contribution in [0.5, 0.6) is 0 Å². The average Bonchev–Trinajstić information content (AvgIpc) is 2.75. The molecule has 0 fully saturated rings. The van der Waals surface area contributed by atoms with E-state index in [4.69, 9.17) is 0 Å². The number of hydrogen-bond donors (Lipinski definition) is 1. The van der Waals surface area contributed by atoms with Crippen LogP contribution in [0, 0.1) is 0 Å². The first-order chi connectivity index (χ1) is 9.95. The quantitative estimate of drug-likeness (QED) is 0.899. The average molecular weight is 307 g/mol. The zero-order valence-corrected chi connectivity index (χ0v) is 12.6. The first-order valence-corrected chi connectivity index (χ1v) is 8.59. The monoisotopic (exact) mass is 307 g/mol. The maximum absolute atomic E-state index is 12.3. The van der Waals surface area contributed by atoms with Crippen LogP contribution in [0.25, 0.3) is 0 Å². The third-order valence-electron chi connectivity index (χ3n) is 3.74. The van der Waals surface area contributed by atoms with Gasteiger partial charge in [-0.25, -0.2) is 13.1 Å². The fourth-order valence-electron chi connectivity index (χ4n) is 2.61. The molecule has 21 heavy (non-hydrogen) atoms. The molecule has 3 rings (SSSR count). The lowest BCUT2D eigenvalue weighted by atomic mass is 10.1. The molecule has 1 aliphatic rings. The van der Waals surface area contributed by atoms with Gasteiger partial charge in [-0.15, -0.1) is 0 Å². The second kappa shape index (κ2) is 5.16. The van der Waals surface area contributed by atoms with Crippen LogP contribution in [0.15, 0.2) is 35.1 Å². The van der Waals surface area contributed by atoms with Gasteiger partial charge in [-0.2, -0.15) is 4.31 Å². The lowest BCUT2D eigenvalue weighted by molar-refractivity contribution is 0.389. The Bertz CT molecular complexity index is 806. The van der Waals surface area contributed by atoms with Gasteiger partial charge in [0.2, 0.25) is 10.0 Å². The van der Waals surface area contributed by atoms with Gasteiger partial charge in [-0.3, -0.25) is 9.89 Å². The lowest BCUT2D eigenvalue weighted by Crippen LogP contribution is -2.36. The number of rotatable bonds is 3. The van der Waals surface area contributed by atoms with Crippen LogP contribution in [0.4, 0.5) is 0 Å². The fourth-order valence-corrected chi connectivity index (χ4v) is 3.40. The molecule has 0 spiro atoms. The topological polar surface area (TPSA) is 75.2 Å². The second-order valence-corrected chi connectivity index (χ2v) is 7.27. The van der Waals surface area contributed by atoms with Gasteiger partial charge in [0.1, 0.15) is 0 Å². The van der Waals surface area contributed by atoms with Crippen molar-refractivity contribution in [2.75, 3.05) is 12.8 Å². The number of H-pyrrole nitrogens is 1. The number of aromatic nitrogens is 2. The highest BCUT2D eigenvalue weighted by Gasteiger charge is 2.27. The van der Waals surface area contributed by atoms with Crippen molar-refractivity contribution in [1.82, 2.24) is 14.1 Å². The van der Waals surface area contributed by atoms with Crippen molar-refractivity contribution >= 4 is 10.0 Å². The Morgan fingerprint density at radius 2 is 1.95 bits per heavy atom. The molecule has 0 unspecified atom stereocenters. The van der Waals surface area contributed by atoms with Crippen LogP contribution >= 0.6 is 0 Å². The van der Waals surface area contributed by atoms with Gasteiger partial charge < -0.3 is 0 Å². The molecule has 112 valence electrons. The normalized spacial score (nSPS) is 15.9. The minimum atomic E-state index is -3.23. The van der Waals surface area contributed by atoms with Crippen molar-refractivity contribution in [2.24, 2.45) is 0 Å². The Balaban J connectivity index is 1.90. The van der Waals surface area contributed by atoms with Crippen LogP contribution in [0.3, 0.4) is 0 Å². The van der Waals surface area contributed by atoms with Crippen LogP contribution in [0.1, 0.15) is 16.8 Å². The third kappa shape index (κ3) is 2.79. The van der Waals surface area contributed by atoms with E-state index in [0.29, 0.717) is 30.8 Å². The smallest absolute Gasteiger partial charge is 0.270 e. The molecule has 0 radical (unpaired) electrons. The minimum Gasteiger partial charge on any atom is -0.298 e. The molecule has 2 aromatic rings. The van der Waals surface area contributed by atoms with Crippen molar-refractivity contribution in [3.8, 4) is 0 Å². The summed E-state index contributed by atoms with van der Waals surface area (Å²) in [7, 11) is -3.23. The molecule has 1 aromatic carbocycles. The molecular formula is C14H17N3O3S. The number of sulfonamides is 1. The van der Waals surface area contributed by atoms with Crippen LogP contribution in [-0.4, -0.2) is 35.3 Å². The van der Waals surface area contributed by atoms with Gasteiger partial charge in [0.15, 0.2) is 0 Å². The van der Waals surface area contributed by atoms with Crippen LogP contribution < -0.4 is 5.56 Å². The number of nitrogens with zero attached hydrogens (tertiary/aromatic N) is 2. The van der Waals surface area contributed by atoms with E-state index in [1.165, 1.54) is 10.6 Å². The van der Waals surface area contributed by atoms with E-state index in [2.05, 4.69) is 5.10 Å². The third-order valence-corrected chi connectivity index (χ3v) is 4.99. The Kier molecular flexibility index (Phi) is 3.46. The molecular weight excluding hydrogens is 290 g/mol. The summed E-state index contributed by atoms with van der Waals surface area (Å²) in [6.07, 6.45) is 1.65. The summed E-state index contributed by atoms with van der Waals surface area (Å²) in [5, 5.41) is 3.05. The maximum atomic E-state index is 12.3. The lowest BCUT2D eigenvalue weighted by Gasteiger charge is -2.23. The Hall–Kier alpha value is -1.86. The van der Waals surface area contributed by atoms with Crippen molar-refractivity contribution < 1.29 is 8.42 Å². The predicted octanol–water partition coefficient (Wildman–Crippen LogP) is 0.542. The van der Waals surface area contributed by atoms with Crippen LogP contribution in [-0.2, 0) is 29.5 Å². The van der Waals surface area contributed by atoms with Crippen molar-refractivity contribution in [3.05, 3.63) is 57.5 Å². The molecule has 0 saturated heterocycles. The molecule has 0 aliphatic carbocycles. The largest absolute Gasteiger partial charge is 0.298 e. The number of benzene rings is 1. The van der Waals surface area contributed by atoms with E-state index < -0.39 is 10.0 Å². The summed E-state index contributed by atoms with van der Waals surface area (Å²) in [6, 6.07) is 9.68. The molecule has 2 heterocycles. The molecule has 1 aliphatic heterocycles. The summed E-state index contributed by atoms with van der Waals surface area (Å²) < 4.78 is 26.1. The van der Waals surface area contributed by atoms with E-state index >= 15 is 0 Å². The summed E-state index contributed by atoms with van der Waals surface area (Å²) in [4.78, 5) is 12.3. The van der Waals surface area contributed by atoms with Gasteiger partial charge in [0, 0.05) is 12.1 Å². The highest BCUT2D eigenvalue weighted by molar-refractivity contribution is 7.88. The Labute approximate surface area is 123 Å². The zero-order chi connectivity index (χ0) is 15.0. The minimum absolute atomic E-state index is 0.0537. The molecule has 1 N–H and O–H groups in total. The van der Waals surface area contributed by atoms with E-state index in [0.717, 1.165) is 5.56 Å². The zero-order valence-electron chi connectivity index (χ0n) is 11.7. The Morgan fingerprint density at radius 1 is 1.24 bits per heavy atom. The van der Waals surface area contributed by atoms with Crippen molar-refractivity contribution in [3.63, 3.8) is 0 Å². The SMILES string of the molecule is CS(=O)(=O)N1CCc2c([nH]n(Cc3ccccc3)c2=O)C1. The van der Waals surface area contributed by atoms with Gasteiger partial charge in [0.25, 0.3) is 5.56 Å². The van der Waals surface area contributed by atoms with Gasteiger partial charge >= 0.3 is 0 Å². The summed E-state index contributed by atoms with van der Waals surface area (Å²) >= 11 is 0. The summed E-state index contributed by atoms with van der Waals surface area (Å²) in [5.74, 6) is 0. The van der Waals surface area contributed by atoms with Gasteiger partial charge in [0.05, 0.1) is 25.0 Å². The molecule has 7 heteroatoms. The molecule has 6 nitrogen and oxygen atoms in total. The standard InChI is InChI=1S/C14H17N3O3S/c1-21(19,20)16-8-7-12-13(10-16)15-17(14(12)18)9-11-5-3-2-4-6-11/h2-6,15H,7-10H2,1H3.